The molecule has 4 aromatic rings. The number of thiazole rings is 1. The van der Waals surface area contributed by atoms with Gasteiger partial charge in [-0.2, -0.15) is 10.4 Å². The Balaban J connectivity index is 1.47. The van der Waals surface area contributed by atoms with Crippen LogP contribution in [-0.2, 0) is 15.5 Å². The van der Waals surface area contributed by atoms with Crippen LogP contribution in [0.4, 0.5) is 17.3 Å². The highest BCUT2D eigenvalue weighted by atomic mass is 127. The fourth-order valence-corrected chi connectivity index (χ4v) is 4.97. The number of anilines is 2. The van der Waals surface area contributed by atoms with E-state index in [4.69, 9.17) is 9.47 Å². The van der Waals surface area contributed by atoms with Gasteiger partial charge in [-0.05, 0) is 41.5 Å². The Morgan fingerprint density at radius 3 is 2.83 bits per heavy atom. The number of ether oxygens (including phenoxy) is 2. The Hall–Kier alpha value is -2.70. The molecule has 0 atom stereocenters. The average Bonchev–Trinajstić information content (AvgIpc) is 3.52. The SMILES string of the molecule is COc1cc(C=Nc2n[nH]c(Nc3cccc(CI)c3)c2C#N)ccc1OCc1cnc(CI)s1. The predicted octanol–water partition coefficient (Wildman–Crippen LogP) is 6.69. The van der Waals surface area contributed by atoms with E-state index in [1.807, 2.05) is 42.6 Å². The van der Waals surface area contributed by atoms with Crippen molar-refractivity contribution in [3.05, 3.63) is 75.2 Å². The second-order valence-corrected chi connectivity index (χ2v) is 9.90. The zero-order valence-corrected chi connectivity index (χ0v) is 23.7. The molecule has 0 aliphatic heterocycles. The smallest absolute Gasteiger partial charge is 0.193 e. The fraction of sp³-hybridized carbons (Fsp3) is 0.167. The molecule has 0 saturated carbocycles. The summed E-state index contributed by atoms with van der Waals surface area (Å²) in [6.07, 6.45) is 3.48. The summed E-state index contributed by atoms with van der Waals surface area (Å²) in [4.78, 5) is 9.82. The first-order chi connectivity index (χ1) is 17.1. The van der Waals surface area contributed by atoms with E-state index < -0.39 is 0 Å². The first kappa shape index (κ1) is 25.4. The van der Waals surface area contributed by atoms with Crippen molar-refractivity contribution >= 4 is 80.1 Å². The molecule has 0 saturated heterocycles. The molecule has 0 radical (unpaired) electrons. The Bertz CT molecular complexity index is 1380. The van der Waals surface area contributed by atoms with Gasteiger partial charge < -0.3 is 14.8 Å². The van der Waals surface area contributed by atoms with Gasteiger partial charge in [-0.15, -0.1) is 11.3 Å². The Kier molecular flexibility index (Phi) is 8.94. The maximum absolute atomic E-state index is 9.69. The largest absolute Gasteiger partial charge is 0.493 e. The minimum atomic E-state index is 0.301. The van der Waals surface area contributed by atoms with Crippen LogP contribution in [-0.4, -0.2) is 28.5 Å². The quantitative estimate of drug-likeness (QED) is 0.108. The van der Waals surface area contributed by atoms with Crippen molar-refractivity contribution in [2.45, 2.75) is 15.5 Å². The third kappa shape index (κ3) is 6.50. The lowest BCUT2D eigenvalue weighted by Crippen LogP contribution is -1.97. The molecule has 2 aromatic heterocycles. The summed E-state index contributed by atoms with van der Waals surface area (Å²) in [5.41, 5.74) is 3.18. The van der Waals surface area contributed by atoms with E-state index >= 15 is 0 Å². The molecule has 2 N–H and O–H groups in total. The van der Waals surface area contributed by atoms with E-state index in [1.54, 1.807) is 24.7 Å². The van der Waals surface area contributed by atoms with Crippen LogP contribution in [0.25, 0.3) is 0 Å². The number of aliphatic imine (C=N–C) groups is 1. The van der Waals surface area contributed by atoms with Crippen LogP contribution < -0.4 is 14.8 Å². The minimum absolute atomic E-state index is 0.301. The topological polar surface area (TPSA) is 108 Å². The molecule has 2 aromatic carbocycles. The number of hydrogen-bond donors (Lipinski definition) is 2. The highest BCUT2D eigenvalue weighted by molar-refractivity contribution is 14.1. The van der Waals surface area contributed by atoms with Crippen LogP contribution in [0.1, 0.15) is 26.6 Å². The molecular weight excluding hydrogens is 690 g/mol. The van der Waals surface area contributed by atoms with Gasteiger partial charge >= 0.3 is 0 Å². The summed E-state index contributed by atoms with van der Waals surface area (Å²) in [6, 6.07) is 15.7. The normalized spacial score (nSPS) is 10.9. The number of nitriles is 1. The summed E-state index contributed by atoms with van der Waals surface area (Å²) in [6.45, 7) is 0.424. The number of hydrogen-bond acceptors (Lipinski definition) is 8. The number of H-pyrrole nitrogens is 1. The molecular formula is C24H20I2N6O2S. The number of aromatic amines is 1. The van der Waals surface area contributed by atoms with Crippen molar-refractivity contribution in [2.75, 3.05) is 12.4 Å². The van der Waals surface area contributed by atoms with E-state index in [1.165, 1.54) is 5.56 Å². The number of rotatable bonds is 10. The predicted molar refractivity (Wildman–Crippen MR) is 155 cm³/mol. The molecule has 8 nitrogen and oxygen atoms in total. The lowest BCUT2D eigenvalue weighted by molar-refractivity contribution is 0.287. The van der Waals surface area contributed by atoms with Crippen molar-refractivity contribution in [1.82, 2.24) is 15.2 Å². The molecule has 0 fully saturated rings. The molecule has 0 aliphatic rings. The molecule has 4 rings (SSSR count). The van der Waals surface area contributed by atoms with Crippen molar-refractivity contribution in [3.8, 4) is 17.6 Å². The lowest BCUT2D eigenvalue weighted by atomic mass is 10.2. The van der Waals surface area contributed by atoms with Gasteiger partial charge in [0.2, 0.25) is 0 Å². The van der Waals surface area contributed by atoms with Crippen molar-refractivity contribution in [1.29, 1.82) is 5.26 Å². The van der Waals surface area contributed by atoms with E-state index in [0.29, 0.717) is 35.3 Å². The summed E-state index contributed by atoms with van der Waals surface area (Å²) in [5, 5.41) is 21.0. The number of nitrogens with one attached hydrogen (secondary N) is 2. The summed E-state index contributed by atoms with van der Waals surface area (Å²) in [7, 11) is 1.59. The van der Waals surface area contributed by atoms with Crippen molar-refractivity contribution in [2.24, 2.45) is 4.99 Å². The Morgan fingerprint density at radius 1 is 1.20 bits per heavy atom. The number of alkyl halides is 2. The molecule has 0 bridgehead atoms. The zero-order valence-electron chi connectivity index (χ0n) is 18.6. The van der Waals surface area contributed by atoms with E-state index in [0.717, 1.165) is 30.0 Å². The van der Waals surface area contributed by atoms with Crippen molar-refractivity contribution < 1.29 is 9.47 Å². The van der Waals surface area contributed by atoms with Gasteiger partial charge in [0.1, 0.15) is 29.1 Å². The minimum Gasteiger partial charge on any atom is -0.493 e. The number of benzene rings is 2. The number of halogens is 2. The van der Waals surface area contributed by atoms with Gasteiger partial charge in [-0.3, -0.25) is 5.10 Å². The van der Waals surface area contributed by atoms with Gasteiger partial charge in [-0.1, -0.05) is 57.3 Å². The maximum Gasteiger partial charge on any atom is 0.193 e. The maximum atomic E-state index is 9.69. The third-order valence-electron chi connectivity index (χ3n) is 4.82. The van der Waals surface area contributed by atoms with Crippen LogP contribution in [0.5, 0.6) is 11.5 Å². The lowest BCUT2D eigenvalue weighted by Gasteiger charge is -2.10. The van der Waals surface area contributed by atoms with Crippen LogP contribution in [0.3, 0.4) is 0 Å². The van der Waals surface area contributed by atoms with Crippen molar-refractivity contribution in [3.63, 3.8) is 0 Å². The van der Waals surface area contributed by atoms with Crippen LogP contribution >= 0.6 is 56.5 Å². The number of methoxy groups -OCH3 is 1. The number of aromatic nitrogens is 3. The molecule has 0 amide bonds. The highest BCUT2D eigenvalue weighted by Gasteiger charge is 2.13. The second-order valence-electron chi connectivity index (χ2n) is 7.18. The summed E-state index contributed by atoms with van der Waals surface area (Å²) >= 11 is 6.24. The van der Waals surface area contributed by atoms with Crippen LogP contribution in [0.2, 0.25) is 0 Å². The van der Waals surface area contributed by atoms with Gasteiger partial charge in [0.15, 0.2) is 17.3 Å². The monoisotopic (exact) mass is 710 g/mol. The van der Waals surface area contributed by atoms with E-state index in [-0.39, 0.29) is 0 Å². The number of nitrogens with zero attached hydrogens (tertiary/aromatic N) is 4. The Morgan fingerprint density at radius 2 is 2.09 bits per heavy atom. The molecule has 0 unspecified atom stereocenters. The average molecular weight is 710 g/mol. The fourth-order valence-electron chi connectivity index (χ4n) is 3.14. The first-order valence-electron chi connectivity index (χ1n) is 10.4. The highest BCUT2D eigenvalue weighted by Crippen LogP contribution is 2.30. The zero-order chi connectivity index (χ0) is 24.6. The third-order valence-corrected chi connectivity index (χ3v) is 7.91. The van der Waals surface area contributed by atoms with Gasteiger partial charge in [0.05, 0.1) is 16.4 Å². The molecule has 178 valence electrons. The molecule has 0 spiro atoms. The Labute approximate surface area is 234 Å². The molecule has 35 heavy (non-hydrogen) atoms. The van der Waals surface area contributed by atoms with Gasteiger partial charge in [0.25, 0.3) is 0 Å². The standard InChI is InChI=1S/C24H20I2N6O2S/c1-33-21-8-16(5-6-20(21)34-14-18-13-28-22(10-26)35-18)12-29-23-19(11-27)24(32-31-23)30-17-4-2-3-15(7-17)9-25/h2-8,12-13H,9-10,14H2,1H3,(H2,30,31,32). The second kappa shape index (κ2) is 12.3. The van der Waals surface area contributed by atoms with E-state index in [9.17, 15) is 5.26 Å². The van der Waals surface area contributed by atoms with Gasteiger partial charge in [0, 0.05) is 22.5 Å². The molecule has 0 aliphatic carbocycles. The van der Waals surface area contributed by atoms with E-state index in [2.05, 4.69) is 82.8 Å². The first-order valence-corrected chi connectivity index (χ1v) is 14.2. The summed E-state index contributed by atoms with van der Waals surface area (Å²) < 4.78 is 13.2. The molecule has 2 heterocycles. The molecule has 11 heteroatoms. The summed E-state index contributed by atoms with van der Waals surface area (Å²) in [5.74, 6) is 2.02. The van der Waals surface area contributed by atoms with Crippen LogP contribution in [0, 0.1) is 11.3 Å². The van der Waals surface area contributed by atoms with Crippen LogP contribution in [0.15, 0.2) is 53.7 Å². The van der Waals surface area contributed by atoms with Gasteiger partial charge in [-0.25, -0.2) is 9.98 Å².